The molecule has 4 rings (SSSR count). The topological polar surface area (TPSA) is 67.1 Å². The molecule has 3 aromatic rings. The van der Waals surface area contributed by atoms with Crippen molar-refractivity contribution in [3.05, 3.63) is 52.6 Å². The fraction of sp³-hybridized carbons (Fsp3) is 0.421. The predicted octanol–water partition coefficient (Wildman–Crippen LogP) is 2.92. The second-order valence-electron chi connectivity index (χ2n) is 6.62. The lowest BCUT2D eigenvalue weighted by atomic mass is 10.1. The normalized spacial score (nSPS) is 18.3. The number of thiazole rings is 1. The summed E-state index contributed by atoms with van der Waals surface area (Å²) < 4.78 is 5.46. The molecule has 1 aliphatic rings. The highest BCUT2D eigenvalue weighted by Crippen LogP contribution is 2.25. The summed E-state index contributed by atoms with van der Waals surface area (Å²) in [5.41, 5.74) is 3.46. The van der Waals surface area contributed by atoms with Crippen LogP contribution >= 0.6 is 11.3 Å². The summed E-state index contributed by atoms with van der Waals surface area (Å²) in [6.45, 7) is 5.00. The number of nitrogens with zero attached hydrogens (tertiary/aromatic N) is 4. The third-order valence-corrected chi connectivity index (χ3v) is 5.73. The number of benzene rings is 1. The van der Waals surface area contributed by atoms with Crippen LogP contribution in [0.5, 0.6) is 0 Å². The van der Waals surface area contributed by atoms with Gasteiger partial charge in [-0.05, 0) is 19.0 Å². The number of hydrogen-bond acceptors (Lipinski definition) is 7. The first-order valence-corrected chi connectivity index (χ1v) is 9.88. The van der Waals surface area contributed by atoms with Gasteiger partial charge in [-0.1, -0.05) is 36.3 Å². The summed E-state index contributed by atoms with van der Waals surface area (Å²) in [6, 6.07) is 8.77. The van der Waals surface area contributed by atoms with Crippen molar-refractivity contribution in [3.63, 3.8) is 0 Å². The monoisotopic (exact) mass is 369 g/mol. The molecule has 2 aromatic heterocycles. The Morgan fingerprint density at radius 3 is 2.88 bits per heavy atom. The molecule has 1 unspecified atom stereocenters. The Morgan fingerprint density at radius 1 is 1.27 bits per heavy atom. The molecule has 0 bridgehead atoms. The lowest BCUT2D eigenvalue weighted by Crippen LogP contribution is -2.44. The zero-order chi connectivity index (χ0) is 17.9. The maximum atomic E-state index is 5.46. The van der Waals surface area contributed by atoms with Crippen LogP contribution in [0, 0.1) is 0 Å². The molecule has 1 saturated heterocycles. The van der Waals surface area contributed by atoms with Crippen LogP contribution in [0.25, 0.3) is 10.6 Å². The molecule has 1 aliphatic heterocycles. The first-order valence-electron chi connectivity index (χ1n) is 9.00. The predicted molar refractivity (Wildman–Crippen MR) is 102 cm³/mol. The summed E-state index contributed by atoms with van der Waals surface area (Å²) in [7, 11) is 2.10. The van der Waals surface area contributed by atoms with E-state index in [1.807, 2.05) is 0 Å². The lowest BCUT2D eigenvalue weighted by Gasteiger charge is -2.30. The molecule has 1 atom stereocenters. The average Bonchev–Trinajstić information content (AvgIpc) is 3.32. The van der Waals surface area contributed by atoms with Gasteiger partial charge in [-0.2, -0.15) is 4.98 Å². The summed E-state index contributed by atoms with van der Waals surface area (Å²) in [6.07, 6.45) is 1.62. The molecule has 0 radical (unpaired) electrons. The van der Waals surface area contributed by atoms with Gasteiger partial charge in [0.1, 0.15) is 5.01 Å². The minimum Gasteiger partial charge on any atom is -0.339 e. The third kappa shape index (κ3) is 3.70. The second-order valence-corrected chi connectivity index (χ2v) is 7.48. The summed E-state index contributed by atoms with van der Waals surface area (Å²) >= 11 is 1.65. The average molecular weight is 369 g/mol. The number of aromatic nitrogens is 3. The molecule has 7 heteroatoms. The van der Waals surface area contributed by atoms with Crippen molar-refractivity contribution in [2.75, 3.05) is 26.7 Å². The van der Waals surface area contributed by atoms with Crippen LogP contribution in [0.3, 0.4) is 0 Å². The molecule has 0 aliphatic carbocycles. The van der Waals surface area contributed by atoms with Gasteiger partial charge in [-0.15, -0.1) is 11.3 Å². The van der Waals surface area contributed by atoms with E-state index in [-0.39, 0.29) is 6.04 Å². The number of hydrogen-bond donors (Lipinski definition) is 1. The van der Waals surface area contributed by atoms with E-state index in [0.29, 0.717) is 12.3 Å². The maximum absolute atomic E-state index is 5.46. The summed E-state index contributed by atoms with van der Waals surface area (Å²) in [5.74, 6) is 1.37. The van der Waals surface area contributed by atoms with Gasteiger partial charge in [-0.3, -0.25) is 4.90 Å². The van der Waals surface area contributed by atoms with Crippen molar-refractivity contribution < 1.29 is 4.52 Å². The van der Waals surface area contributed by atoms with Crippen molar-refractivity contribution in [2.45, 2.75) is 25.8 Å². The molecule has 6 nitrogen and oxygen atoms in total. The van der Waals surface area contributed by atoms with Gasteiger partial charge in [0.2, 0.25) is 5.89 Å². The summed E-state index contributed by atoms with van der Waals surface area (Å²) in [5, 5.41) is 10.7. The van der Waals surface area contributed by atoms with Crippen LogP contribution < -0.4 is 5.32 Å². The minimum atomic E-state index is 0.171. The fourth-order valence-corrected chi connectivity index (χ4v) is 3.95. The number of likely N-dealkylation sites (N-methyl/N-ethyl adjacent to an activating group) is 1. The van der Waals surface area contributed by atoms with E-state index in [1.54, 1.807) is 11.3 Å². The Balaban J connectivity index is 1.45. The molecule has 1 aromatic carbocycles. The molecule has 0 spiro atoms. The lowest BCUT2D eigenvalue weighted by molar-refractivity contribution is 0.190. The Labute approximate surface area is 157 Å². The Morgan fingerprint density at radius 2 is 2.12 bits per heavy atom. The van der Waals surface area contributed by atoms with Crippen molar-refractivity contribution >= 4 is 11.3 Å². The molecule has 1 N–H and O–H groups in total. The van der Waals surface area contributed by atoms with E-state index >= 15 is 0 Å². The van der Waals surface area contributed by atoms with Crippen molar-refractivity contribution in [2.24, 2.45) is 0 Å². The standard InChI is InChI=1S/C19H23N5OS/c1-3-13-4-6-14(7-5-13)19-21-15(12-26-19)10-17-22-18(23-25-17)16-11-20-8-9-24(16)2/h4-7,12,16,20H,3,8-11H2,1-2H3. The Hall–Kier alpha value is -2.09. The first kappa shape index (κ1) is 17.3. The zero-order valence-electron chi connectivity index (χ0n) is 15.1. The highest BCUT2D eigenvalue weighted by atomic mass is 32.1. The van der Waals surface area contributed by atoms with Crippen LogP contribution in [0.2, 0.25) is 0 Å². The Bertz CT molecular complexity index is 857. The largest absolute Gasteiger partial charge is 0.339 e. The van der Waals surface area contributed by atoms with Gasteiger partial charge in [0.15, 0.2) is 5.82 Å². The van der Waals surface area contributed by atoms with Crippen LogP contribution in [0.1, 0.15) is 35.9 Å². The maximum Gasteiger partial charge on any atom is 0.232 e. The first-order chi connectivity index (χ1) is 12.7. The van der Waals surface area contributed by atoms with E-state index in [1.165, 1.54) is 5.56 Å². The minimum absolute atomic E-state index is 0.171. The van der Waals surface area contributed by atoms with E-state index in [4.69, 9.17) is 9.51 Å². The number of nitrogens with one attached hydrogen (secondary N) is 1. The van der Waals surface area contributed by atoms with Crippen molar-refractivity contribution in [3.8, 4) is 10.6 Å². The quantitative estimate of drug-likeness (QED) is 0.746. The van der Waals surface area contributed by atoms with Gasteiger partial charge in [0.05, 0.1) is 18.2 Å². The van der Waals surface area contributed by atoms with Crippen molar-refractivity contribution in [1.82, 2.24) is 25.3 Å². The molecule has 0 saturated carbocycles. The SMILES string of the molecule is CCc1ccc(-c2nc(Cc3nc(C4CNCCN4C)no3)cs2)cc1. The zero-order valence-corrected chi connectivity index (χ0v) is 15.9. The molecule has 1 fully saturated rings. The molecule has 26 heavy (non-hydrogen) atoms. The fourth-order valence-electron chi connectivity index (χ4n) is 3.13. The van der Waals surface area contributed by atoms with Gasteiger partial charge in [-0.25, -0.2) is 4.98 Å². The smallest absolute Gasteiger partial charge is 0.232 e. The van der Waals surface area contributed by atoms with Crippen LogP contribution in [0.4, 0.5) is 0 Å². The molecule has 0 amide bonds. The number of rotatable bonds is 5. The van der Waals surface area contributed by atoms with E-state index in [9.17, 15) is 0 Å². The van der Waals surface area contributed by atoms with Crippen molar-refractivity contribution in [1.29, 1.82) is 0 Å². The van der Waals surface area contributed by atoms with E-state index in [2.05, 4.69) is 64.0 Å². The van der Waals surface area contributed by atoms with Gasteiger partial charge in [0.25, 0.3) is 0 Å². The molecular formula is C19H23N5OS. The second kappa shape index (κ2) is 7.65. The third-order valence-electron chi connectivity index (χ3n) is 4.79. The van der Waals surface area contributed by atoms with Gasteiger partial charge >= 0.3 is 0 Å². The van der Waals surface area contributed by atoms with Crippen LogP contribution in [0.15, 0.2) is 34.2 Å². The van der Waals surface area contributed by atoms with Gasteiger partial charge in [0, 0.05) is 30.6 Å². The number of aryl methyl sites for hydroxylation is 1. The van der Waals surface area contributed by atoms with E-state index < -0.39 is 0 Å². The summed E-state index contributed by atoms with van der Waals surface area (Å²) in [4.78, 5) is 11.6. The van der Waals surface area contributed by atoms with Crippen LogP contribution in [-0.2, 0) is 12.8 Å². The highest BCUT2D eigenvalue weighted by Gasteiger charge is 2.25. The Kier molecular flexibility index (Phi) is 5.10. The molecule has 3 heterocycles. The van der Waals surface area contributed by atoms with Gasteiger partial charge < -0.3 is 9.84 Å². The molecular weight excluding hydrogens is 346 g/mol. The van der Waals surface area contributed by atoms with E-state index in [0.717, 1.165) is 48.1 Å². The molecule has 136 valence electrons. The van der Waals surface area contributed by atoms with Crippen LogP contribution in [-0.4, -0.2) is 46.7 Å². The highest BCUT2D eigenvalue weighted by molar-refractivity contribution is 7.13. The number of piperazine rings is 1.